The highest BCUT2D eigenvalue weighted by Crippen LogP contribution is 2.32. The van der Waals surface area contributed by atoms with E-state index in [0.717, 1.165) is 16.3 Å². The number of hydrogen-bond acceptors (Lipinski definition) is 7. The van der Waals surface area contributed by atoms with E-state index in [2.05, 4.69) is 15.5 Å². The third kappa shape index (κ3) is 3.88. The second kappa shape index (κ2) is 7.61. The highest BCUT2D eigenvalue weighted by Gasteiger charge is 2.18. The summed E-state index contributed by atoms with van der Waals surface area (Å²) in [6.45, 7) is 2.86. The number of benzene rings is 1. The SMILES string of the molecule is Cc1nc(N(C)C(=O)Nc2ccc(C3=NOCCO3)cc2)sc1N(C)C. The van der Waals surface area contributed by atoms with Gasteiger partial charge in [-0.25, -0.2) is 9.78 Å². The summed E-state index contributed by atoms with van der Waals surface area (Å²) in [7, 11) is 5.61. The first-order valence-corrected chi connectivity index (χ1v) is 8.90. The Kier molecular flexibility index (Phi) is 5.27. The second-order valence-corrected chi connectivity index (χ2v) is 6.88. The lowest BCUT2D eigenvalue weighted by atomic mass is 10.2. The van der Waals surface area contributed by atoms with Crippen molar-refractivity contribution in [2.75, 3.05) is 49.5 Å². The van der Waals surface area contributed by atoms with Gasteiger partial charge in [-0.3, -0.25) is 4.90 Å². The molecule has 2 amide bonds. The first kappa shape index (κ1) is 18.0. The molecule has 0 unspecified atom stereocenters. The number of nitrogens with one attached hydrogen (secondary N) is 1. The van der Waals surface area contributed by atoms with E-state index in [4.69, 9.17) is 9.57 Å². The predicted octanol–water partition coefficient (Wildman–Crippen LogP) is 2.89. The molecule has 1 aromatic heterocycles. The number of hydrogen-bond donors (Lipinski definition) is 1. The molecule has 0 atom stereocenters. The topological polar surface area (TPSA) is 79.3 Å². The van der Waals surface area contributed by atoms with Crippen LogP contribution in [0.1, 0.15) is 11.3 Å². The summed E-state index contributed by atoms with van der Waals surface area (Å²) in [5.41, 5.74) is 2.36. The van der Waals surface area contributed by atoms with Crippen molar-refractivity contribution in [3.05, 3.63) is 35.5 Å². The number of aromatic nitrogens is 1. The second-order valence-electron chi connectivity index (χ2n) is 5.93. The molecule has 26 heavy (non-hydrogen) atoms. The van der Waals surface area contributed by atoms with E-state index in [-0.39, 0.29) is 6.03 Å². The van der Waals surface area contributed by atoms with Gasteiger partial charge in [-0.05, 0) is 36.3 Å². The largest absolute Gasteiger partial charge is 0.471 e. The van der Waals surface area contributed by atoms with Crippen LogP contribution in [0.2, 0.25) is 0 Å². The number of aryl methyl sites for hydroxylation is 1. The van der Waals surface area contributed by atoms with Gasteiger partial charge in [0.05, 0.1) is 5.69 Å². The number of anilines is 3. The number of carbonyl (C=O) groups excluding carboxylic acids is 1. The summed E-state index contributed by atoms with van der Waals surface area (Å²) in [5.74, 6) is 0.445. The number of amides is 2. The molecular formula is C17H21N5O3S. The van der Waals surface area contributed by atoms with Gasteiger partial charge in [0.1, 0.15) is 11.6 Å². The summed E-state index contributed by atoms with van der Waals surface area (Å²) in [6, 6.07) is 6.97. The molecule has 0 saturated heterocycles. The van der Waals surface area contributed by atoms with E-state index in [1.165, 1.54) is 16.2 Å². The molecule has 138 valence electrons. The van der Waals surface area contributed by atoms with Crippen molar-refractivity contribution in [1.29, 1.82) is 0 Å². The van der Waals surface area contributed by atoms with Crippen LogP contribution in [-0.4, -0.2) is 51.3 Å². The summed E-state index contributed by atoms with van der Waals surface area (Å²) in [5, 5.41) is 8.40. The molecular weight excluding hydrogens is 354 g/mol. The van der Waals surface area contributed by atoms with Crippen LogP contribution in [0.4, 0.5) is 20.6 Å². The summed E-state index contributed by atoms with van der Waals surface area (Å²) < 4.78 is 5.43. The average molecular weight is 375 g/mol. The van der Waals surface area contributed by atoms with E-state index in [9.17, 15) is 4.79 Å². The zero-order valence-corrected chi connectivity index (χ0v) is 16.0. The fraction of sp³-hybridized carbons (Fsp3) is 0.353. The molecule has 1 aliphatic heterocycles. The third-order valence-corrected chi connectivity index (χ3v) is 5.10. The Labute approximate surface area is 156 Å². The van der Waals surface area contributed by atoms with Crippen LogP contribution in [0.3, 0.4) is 0 Å². The molecule has 3 rings (SSSR count). The normalized spacial score (nSPS) is 13.3. The van der Waals surface area contributed by atoms with Crippen LogP contribution in [-0.2, 0) is 9.57 Å². The minimum absolute atomic E-state index is 0.258. The van der Waals surface area contributed by atoms with E-state index < -0.39 is 0 Å². The highest BCUT2D eigenvalue weighted by molar-refractivity contribution is 7.19. The Morgan fingerprint density at radius 1 is 1.19 bits per heavy atom. The Bertz CT molecular complexity index is 816. The fourth-order valence-corrected chi connectivity index (χ4v) is 3.32. The van der Waals surface area contributed by atoms with Crippen LogP contribution in [0, 0.1) is 6.92 Å². The molecule has 0 bridgehead atoms. The van der Waals surface area contributed by atoms with Gasteiger partial charge in [-0.1, -0.05) is 11.3 Å². The minimum atomic E-state index is -0.258. The van der Waals surface area contributed by atoms with Crippen molar-refractivity contribution >= 4 is 39.1 Å². The van der Waals surface area contributed by atoms with Crippen molar-refractivity contribution in [3.8, 4) is 0 Å². The van der Waals surface area contributed by atoms with E-state index in [1.807, 2.05) is 38.1 Å². The first-order valence-electron chi connectivity index (χ1n) is 8.08. The maximum absolute atomic E-state index is 12.5. The molecule has 0 radical (unpaired) electrons. The quantitative estimate of drug-likeness (QED) is 0.889. The van der Waals surface area contributed by atoms with Gasteiger partial charge in [-0.15, -0.1) is 0 Å². The number of nitrogens with zero attached hydrogens (tertiary/aromatic N) is 4. The number of thiazole rings is 1. The van der Waals surface area contributed by atoms with E-state index >= 15 is 0 Å². The molecule has 0 spiro atoms. The van der Waals surface area contributed by atoms with Gasteiger partial charge in [0.15, 0.2) is 11.7 Å². The van der Waals surface area contributed by atoms with Gasteiger partial charge in [0.2, 0.25) is 0 Å². The molecule has 1 N–H and O–H groups in total. The first-order chi connectivity index (χ1) is 12.5. The summed E-state index contributed by atoms with van der Waals surface area (Å²) in [6.07, 6.45) is 0. The van der Waals surface area contributed by atoms with Crippen molar-refractivity contribution in [3.63, 3.8) is 0 Å². The average Bonchev–Trinajstić information content (AvgIpc) is 3.04. The lowest BCUT2D eigenvalue weighted by Crippen LogP contribution is -2.31. The number of carbonyl (C=O) groups is 1. The monoisotopic (exact) mass is 375 g/mol. The van der Waals surface area contributed by atoms with E-state index in [0.29, 0.717) is 29.9 Å². The predicted molar refractivity (Wildman–Crippen MR) is 103 cm³/mol. The van der Waals surface area contributed by atoms with Gasteiger partial charge in [0.25, 0.3) is 5.90 Å². The Morgan fingerprint density at radius 2 is 1.92 bits per heavy atom. The van der Waals surface area contributed by atoms with Gasteiger partial charge < -0.3 is 19.8 Å². The standard InChI is InChI=1S/C17H21N5O3S/c1-11-15(21(2)3)26-17(18-11)22(4)16(23)19-13-7-5-12(6-8-13)14-20-25-10-9-24-14/h5-8H,9-10H2,1-4H3,(H,19,23). The van der Waals surface area contributed by atoms with Crippen LogP contribution in [0.15, 0.2) is 29.4 Å². The Morgan fingerprint density at radius 3 is 2.50 bits per heavy atom. The number of urea groups is 1. The molecule has 8 nitrogen and oxygen atoms in total. The van der Waals surface area contributed by atoms with Crippen molar-refractivity contribution in [2.24, 2.45) is 5.16 Å². The van der Waals surface area contributed by atoms with Crippen LogP contribution >= 0.6 is 11.3 Å². The molecule has 0 aliphatic carbocycles. The zero-order valence-electron chi connectivity index (χ0n) is 15.1. The maximum Gasteiger partial charge on any atom is 0.327 e. The smallest absolute Gasteiger partial charge is 0.327 e. The molecule has 0 fully saturated rings. The Balaban J connectivity index is 1.67. The lowest BCUT2D eigenvalue weighted by Gasteiger charge is -2.16. The third-order valence-electron chi connectivity index (χ3n) is 3.70. The molecule has 2 aromatic rings. The number of oxime groups is 1. The summed E-state index contributed by atoms with van der Waals surface area (Å²) in [4.78, 5) is 25.5. The van der Waals surface area contributed by atoms with Crippen LogP contribution < -0.4 is 15.1 Å². The fourth-order valence-electron chi connectivity index (χ4n) is 2.37. The van der Waals surface area contributed by atoms with Crippen molar-refractivity contribution in [2.45, 2.75) is 6.92 Å². The number of ether oxygens (including phenoxy) is 1. The van der Waals surface area contributed by atoms with Gasteiger partial charge in [-0.2, -0.15) is 0 Å². The number of rotatable bonds is 4. The Hall–Kier alpha value is -2.81. The van der Waals surface area contributed by atoms with Crippen LogP contribution in [0.25, 0.3) is 0 Å². The highest BCUT2D eigenvalue weighted by atomic mass is 32.1. The molecule has 0 saturated carbocycles. The molecule has 1 aliphatic rings. The van der Waals surface area contributed by atoms with Gasteiger partial charge >= 0.3 is 6.03 Å². The molecule has 1 aromatic carbocycles. The zero-order chi connectivity index (χ0) is 18.7. The van der Waals surface area contributed by atoms with Crippen molar-refractivity contribution in [1.82, 2.24) is 4.98 Å². The van der Waals surface area contributed by atoms with Crippen molar-refractivity contribution < 1.29 is 14.4 Å². The van der Waals surface area contributed by atoms with E-state index in [1.54, 1.807) is 19.2 Å². The lowest BCUT2D eigenvalue weighted by molar-refractivity contribution is 0.0655. The van der Waals surface area contributed by atoms with Crippen LogP contribution in [0.5, 0.6) is 0 Å². The molecule has 9 heteroatoms. The summed E-state index contributed by atoms with van der Waals surface area (Å²) >= 11 is 1.47. The maximum atomic E-state index is 12.5. The molecule has 2 heterocycles. The van der Waals surface area contributed by atoms with Gasteiger partial charge in [0, 0.05) is 32.4 Å². The minimum Gasteiger partial charge on any atom is -0.471 e.